The third-order valence-electron chi connectivity index (χ3n) is 3.28. The molecule has 0 radical (unpaired) electrons. The average molecular weight is 258 g/mol. The minimum atomic E-state index is 0.345. The highest BCUT2D eigenvalue weighted by Gasteiger charge is 2.10. The van der Waals surface area contributed by atoms with Crippen LogP contribution < -0.4 is 5.32 Å². The van der Waals surface area contributed by atoms with Crippen molar-refractivity contribution in [3.63, 3.8) is 0 Å². The van der Waals surface area contributed by atoms with Gasteiger partial charge >= 0.3 is 0 Å². The molecular weight excluding hydrogens is 236 g/mol. The van der Waals surface area contributed by atoms with E-state index in [0.29, 0.717) is 6.04 Å². The summed E-state index contributed by atoms with van der Waals surface area (Å²) in [6.07, 6.45) is 3.91. The van der Waals surface area contributed by atoms with E-state index in [1.165, 1.54) is 10.9 Å². The van der Waals surface area contributed by atoms with Gasteiger partial charge in [-0.05, 0) is 37.6 Å². The Morgan fingerprint density at radius 3 is 2.89 bits per heavy atom. The first kappa shape index (κ1) is 14.0. The van der Waals surface area contributed by atoms with E-state index >= 15 is 0 Å². The number of likely N-dealkylation sites (N-methyl/N-ethyl adjacent to an activating group) is 1. The van der Waals surface area contributed by atoms with Crippen molar-refractivity contribution in [2.24, 2.45) is 0 Å². The summed E-state index contributed by atoms with van der Waals surface area (Å²) in [5.74, 6) is 0. The van der Waals surface area contributed by atoms with Gasteiger partial charge in [0.2, 0.25) is 0 Å². The molecule has 102 valence electrons. The Bertz CT molecular complexity index is 508. The van der Waals surface area contributed by atoms with Gasteiger partial charge in [0.15, 0.2) is 0 Å². The summed E-state index contributed by atoms with van der Waals surface area (Å²) in [6, 6.07) is 10.7. The molecule has 1 atom stereocenters. The molecule has 0 spiro atoms. The Morgan fingerprint density at radius 1 is 1.26 bits per heavy atom. The second-order valence-corrected chi connectivity index (χ2v) is 4.75. The van der Waals surface area contributed by atoms with E-state index in [2.05, 4.69) is 41.5 Å². The van der Waals surface area contributed by atoms with Crippen molar-refractivity contribution in [3.05, 3.63) is 42.1 Å². The number of para-hydroxylation sites is 1. The van der Waals surface area contributed by atoms with E-state index in [0.717, 1.165) is 31.6 Å². The summed E-state index contributed by atoms with van der Waals surface area (Å²) in [6.45, 7) is 3.71. The molecule has 0 amide bonds. The third kappa shape index (κ3) is 3.75. The molecule has 1 N–H and O–H groups in total. The molecule has 0 fully saturated rings. The Balaban J connectivity index is 2.10. The Kier molecular flexibility index (Phi) is 5.31. The van der Waals surface area contributed by atoms with Crippen LogP contribution in [0.3, 0.4) is 0 Å². The molecule has 0 saturated heterocycles. The van der Waals surface area contributed by atoms with Crippen LogP contribution >= 0.6 is 0 Å². The van der Waals surface area contributed by atoms with Crippen molar-refractivity contribution in [3.8, 4) is 0 Å². The fourth-order valence-corrected chi connectivity index (χ4v) is 2.21. The largest absolute Gasteiger partial charge is 0.380 e. The van der Waals surface area contributed by atoms with Crippen LogP contribution in [0.25, 0.3) is 10.9 Å². The van der Waals surface area contributed by atoms with Crippen molar-refractivity contribution in [2.45, 2.75) is 25.8 Å². The number of pyridine rings is 1. The maximum atomic E-state index is 5.64. The molecule has 1 unspecified atom stereocenters. The molecule has 0 bridgehead atoms. The first-order chi connectivity index (χ1) is 9.35. The first-order valence-corrected chi connectivity index (χ1v) is 6.92. The zero-order chi connectivity index (χ0) is 13.5. The van der Waals surface area contributed by atoms with Crippen molar-refractivity contribution in [1.29, 1.82) is 0 Å². The summed E-state index contributed by atoms with van der Waals surface area (Å²) in [5.41, 5.74) is 2.38. The SMILES string of the molecule is CCCOCC(Cc1ccnc2ccccc12)NC. The monoisotopic (exact) mass is 258 g/mol. The third-order valence-corrected chi connectivity index (χ3v) is 3.28. The van der Waals surface area contributed by atoms with Crippen molar-refractivity contribution < 1.29 is 4.74 Å². The quantitative estimate of drug-likeness (QED) is 0.775. The van der Waals surface area contributed by atoms with Crippen molar-refractivity contribution in [2.75, 3.05) is 20.3 Å². The molecule has 3 heteroatoms. The zero-order valence-corrected chi connectivity index (χ0v) is 11.7. The van der Waals surface area contributed by atoms with Crippen molar-refractivity contribution >= 4 is 10.9 Å². The van der Waals surface area contributed by atoms with Gasteiger partial charge in [0, 0.05) is 24.2 Å². The van der Waals surface area contributed by atoms with Crippen LogP contribution in [0.2, 0.25) is 0 Å². The van der Waals surface area contributed by atoms with E-state index in [4.69, 9.17) is 4.74 Å². The maximum Gasteiger partial charge on any atom is 0.0704 e. The highest BCUT2D eigenvalue weighted by molar-refractivity contribution is 5.81. The average Bonchev–Trinajstić information content (AvgIpc) is 2.46. The zero-order valence-electron chi connectivity index (χ0n) is 11.7. The van der Waals surface area contributed by atoms with E-state index < -0.39 is 0 Å². The van der Waals surface area contributed by atoms with E-state index in [-0.39, 0.29) is 0 Å². The van der Waals surface area contributed by atoms with E-state index in [1.54, 1.807) is 0 Å². The number of ether oxygens (including phenoxy) is 1. The van der Waals surface area contributed by atoms with Crippen LogP contribution in [0.15, 0.2) is 36.5 Å². The fraction of sp³-hybridized carbons (Fsp3) is 0.438. The molecule has 1 aromatic carbocycles. The number of hydrogen-bond donors (Lipinski definition) is 1. The number of benzene rings is 1. The van der Waals surface area contributed by atoms with Gasteiger partial charge in [-0.15, -0.1) is 0 Å². The molecule has 0 aliphatic heterocycles. The molecule has 19 heavy (non-hydrogen) atoms. The lowest BCUT2D eigenvalue weighted by Gasteiger charge is -2.17. The Hall–Kier alpha value is -1.45. The van der Waals surface area contributed by atoms with Gasteiger partial charge in [-0.3, -0.25) is 4.98 Å². The number of aromatic nitrogens is 1. The van der Waals surface area contributed by atoms with Gasteiger partial charge in [0.25, 0.3) is 0 Å². The minimum absolute atomic E-state index is 0.345. The lowest BCUT2D eigenvalue weighted by molar-refractivity contribution is 0.114. The highest BCUT2D eigenvalue weighted by Crippen LogP contribution is 2.17. The fourth-order valence-electron chi connectivity index (χ4n) is 2.21. The minimum Gasteiger partial charge on any atom is -0.380 e. The van der Waals surface area contributed by atoms with Crippen LogP contribution in [-0.4, -0.2) is 31.3 Å². The topological polar surface area (TPSA) is 34.1 Å². The summed E-state index contributed by atoms with van der Waals surface area (Å²) in [7, 11) is 1.99. The van der Waals surface area contributed by atoms with Crippen molar-refractivity contribution in [1.82, 2.24) is 10.3 Å². The number of nitrogens with one attached hydrogen (secondary N) is 1. The molecule has 1 heterocycles. The number of hydrogen-bond acceptors (Lipinski definition) is 3. The molecule has 0 saturated carbocycles. The molecule has 1 aromatic heterocycles. The van der Waals surface area contributed by atoms with Gasteiger partial charge in [-0.2, -0.15) is 0 Å². The summed E-state index contributed by atoms with van der Waals surface area (Å²) >= 11 is 0. The van der Waals surface area contributed by atoms with Crippen LogP contribution in [0.4, 0.5) is 0 Å². The summed E-state index contributed by atoms with van der Waals surface area (Å²) < 4.78 is 5.64. The highest BCUT2D eigenvalue weighted by atomic mass is 16.5. The van der Waals surface area contributed by atoms with E-state index in [9.17, 15) is 0 Å². The van der Waals surface area contributed by atoms with Gasteiger partial charge < -0.3 is 10.1 Å². The maximum absolute atomic E-state index is 5.64. The summed E-state index contributed by atoms with van der Waals surface area (Å²) in [5, 5.41) is 4.57. The molecule has 0 aliphatic rings. The summed E-state index contributed by atoms with van der Waals surface area (Å²) in [4.78, 5) is 4.40. The van der Waals surface area contributed by atoms with Crippen LogP contribution in [0.1, 0.15) is 18.9 Å². The Morgan fingerprint density at radius 2 is 2.11 bits per heavy atom. The van der Waals surface area contributed by atoms with Crippen LogP contribution in [-0.2, 0) is 11.2 Å². The van der Waals surface area contributed by atoms with Gasteiger partial charge in [-0.1, -0.05) is 25.1 Å². The standard InChI is InChI=1S/C16H22N2O/c1-3-10-19-12-14(17-2)11-13-8-9-18-16-7-5-4-6-15(13)16/h4-9,14,17H,3,10-12H2,1-2H3. The molecule has 3 nitrogen and oxygen atoms in total. The smallest absolute Gasteiger partial charge is 0.0704 e. The van der Waals surface area contributed by atoms with Crippen LogP contribution in [0, 0.1) is 0 Å². The second-order valence-electron chi connectivity index (χ2n) is 4.75. The molecule has 2 rings (SSSR count). The number of nitrogens with zero attached hydrogens (tertiary/aromatic N) is 1. The molecule has 0 aliphatic carbocycles. The number of rotatable bonds is 7. The Labute approximate surface area is 115 Å². The predicted molar refractivity (Wildman–Crippen MR) is 79.4 cm³/mol. The lowest BCUT2D eigenvalue weighted by atomic mass is 10.0. The first-order valence-electron chi connectivity index (χ1n) is 6.92. The second kappa shape index (κ2) is 7.22. The van der Waals surface area contributed by atoms with Gasteiger partial charge in [0.05, 0.1) is 12.1 Å². The molecule has 2 aromatic rings. The number of fused-ring (bicyclic) bond motifs is 1. The van der Waals surface area contributed by atoms with Gasteiger partial charge in [-0.25, -0.2) is 0 Å². The lowest BCUT2D eigenvalue weighted by Crippen LogP contribution is -2.32. The predicted octanol–water partition coefficient (Wildman–Crippen LogP) is 2.79. The van der Waals surface area contributed by atoms with Crippen LogP contribution in [0.5, 0.6) is 0 Å². The molecular formula is C16H22N2O. The normalized spacial score (nSPS) is 12.7. The van der Waals surface area contributed by atoms with E-state index in [1.807, 2.05) is 19.3 Å². The van der Waals surface area contributed by atoms with Gasteiger partial charge in [0.1, 0.15) is 0 Å².